The first-order valence-electron chi connectivity index (χ1n) is 8.52. The molecule has 2 aliphatic carbocycles. The van der Waals surface area contributed by atoms with Crippen molar-refractivity contribution in [1.29, 1.82) is 0 Å². The molecule has 3 aliphatic rings. The number of ether oxygens (including phenoxy) is 1. The third-order valence-electron chi connectivity index (χ3n) is 4.88. The molecule has 1 aromatic rings. The molecule has 1 aromatic carbocycles. The van der Waals surface area contributed by atoms with E-state index in [1.807, 2.05) is 6.08 Å². The maximum absolute atomic E-state index is 11.8. The Balaban J connectivity index is 1.96. The number of ketones is 2. The number of allylic oxidation sites excluding steroid dienone is 4. The molecule has 1 heterocycles. The van der Waals surface area contributed by atoms with Gasteiger partial charge >= 0.3 is 0 Å². The number of hydrogen-bond acceptors (Lipinski definition) is 5. The summed E-state index contributed by atoms with van der Waals surface area (Å²) in [6.07, 6.45) is 9.75. The minimum absolute atomic E-state index is 0.0832. The average molecular weight is 360 g/mol. The quantitative estimate of drug-likeness (QED) is 0.659. The lowest BCUT2D eigenvalue weighted by Gasteiger charge is -2.36. The number of carbonyl (C=O) groups is 3. The molecule has 5 heteroatoms. The maximum atomic E-state index is 11.8. The third-order valence-corrected chi connectivity index (χ3v) is 4.88. The number of aliphatic hydroxyl groups excluding tert-OH is 1. The molecule has 1 N–H and O–H groups in total. The van der Waals surface area contributed by atoms with Crippen molar-refractivity contribution in [2.75, 3.05) is 0 Å². The zero-order valence-corrected chi connectivity index (χ0v) is 14.5. The molecule has 134 valence electrons. The number of fused-ring (bicyclic) bond motifs is 2. The molecular formula is C22H16O5. The summed E-state index contributed by atoms with van der Waals surface area (Å²) in [4.78, 5) is 35.2. The second-order valence-corrected chi connectivity index (χ2v) is 6.61. The molecule has 0 saturated heterocycles. The van der Waals surface area contributed by atoms with Gasteiger partial charge in [0.05, 0.1) is 0 Å². The predicted octanol–water partition coefficient (Wildman–Crippen LogP) is 3.50. The van der Waals surface area contributed by atoms with Gasteiger partial charge in [0.1, 0.15) is 17.6 Å². The van der Waals surface area contributed by atoms with E-state index < -0.39 is 6.10 Å². The van der Waals surface area contributed by atoms with Crippen LogP contribution < -0.4 is 0 Å². The predicted molar refractivity (Wildman–Crippen MR) is 99.2 cm³/mol. The van der Waals surface area contributed by atoms with Gasteiger partial charge in [-0.3, -0.25) is 14.4 Å². The second kappa shape index (κ2) is 6.36. The molecule has 1 aliphatic heterocycles. The lowest BCUT2D eigenvalue weighted by atomic mass is 9.77. The van der Waals surface area contributed by atoms with Crippen LogP contribution in [0.25, 0.3) is 5.57 Å². The fourth-order valence-corrected chi connectivity index (χ4v) is 3.61. The third kappa shape index (κ3) is 2.87. The minimum atomic E-state index is -0.494. The maximum Gasteiger partial charge on any atom is 0.182 e. The number of benzene rings is 1. The van der Waals surface area contributed by atoms with Crippen LogP contribution in [-0.4, -0.2) is 29.1 Å². The van der Waals surface area contributed by atoms with Crippen LogP contribution in [0.5, 0.6) is 0 Å². The Hall–Kier alpha value is -3.47. The number of aliphatic hydroxyl groups is 1. The molecule has 0 saturated carbocycles. The van der Waals surface area contributed by atoms with Crippen molar-refractivity contribution >= 4 is 23.4 Å². The van der Waals surface area contributed by atoms with Crippen LogP contribution in [0, 0.1) is 5.92 Å². The highest BCUT2D eigenvalue weighted by molar-refractivity contribution is 6.04. The zero-order valence-electron chi connectivity index (χ0n) is 14.5. The molecular weight excluding hydrogens is 344 g/mol. The first-order valence-corrected chi connectivity index (χ1v) is 8.52. The topological polar surface area (TPSA) is 80.7 Å². The van der Waals surface area contributed by atoms with E-state index in [1.54, 1.807) is 36.4 Å². The summed E-state index contributed by atoms with van der Waals surface area (Å²) in [7, 11) is 0. The highest BCUT2D eigenvalue weighted by atomic mass is 16.5. The summed E-state index contributed by atoms with van der Waals surface area (Å²) >= 11 is 0. The molecule has 0 spiro atoms. The van der Waals surface area contributed by atoms with Gasteiger partial charge in [0.15, 0.2) is 17.9 Å². The summed E-state index contributed by atoms with van der Waals surface area (Å²) < 4.78 is 5.92. The van der Waals surface area contributed by atoms with Crippen LogP contribution in [0.15, 0.2) is 71.7 Å². The molecule has 0 fully saturated rings. The average Bonchev–Trinajstić information content (AvgIpc) is 2.65. The molecule has 2 atom stereocenters. The SMILES string of the molecule is CC(=O)c1ccc(C2=C3C=CC(=O)C=C3OC3C=C(O)C=CC23)c(C=O)c1. The Labute approximate surface area is 155 Å². The van der Waals surface area contributed by atoms with Gasteiger partial charge in [0.2, 0.25) is 0 Å². The van der Waals surface area contributed by atoms with Crippen LogP contribution in [0.4, 0.5) is 0 Å². The van der Waals surface area contributed by atoms with Crippen molar-refractivity contribution in [1.82, 2.24) is 0 Å². The van der Waals surface area contributed by atoms with Gasteiger partial charge in [-0.15, -0.1) is 0 Å². The van der Waals surface area contributed by atoms with Crippen LogP contribution in [0.3, 0.4) is 0 Å². The normalized spacial score (nSPS) is 23.1. The van der Waals surface area contributed by atoms with E-state index in [1.165, 1.54) is 19.1 Å². The van der Waals surface area contributed by atoms with Gasteiger partial charge in [-0.25, -0.2) is 0 Å². The Morgan fingerprint density at radius 2 is 2.04 bits per heavy atom. The van der Waals surface area contributed by atoms with Crippen LogP contribution in [-0.2, 0) is 9.53 Å². The smallest absolute Gasteiger partial charge is 0.182 e. The van der Waals surface area contributed by atoms with E-state index in [4.69, 9.17) is 4.74 Å². The van der Waals surface area contributed by atoms with E-state index in [0.717, 1.165) is 11.9 Å². The number of rotatable bonds is 3. The molecule has 0 amide bonds. The van der Waals surface area contributed by atoms with Gasteiger partial charge in [-0.05, 0) is 48.4 Å². The molecule has 2 unspecified atom stereocenters. The molecule has 5 nitrogen and oxygen atoms in total. The standard InChI is InChI=1S/C22H16O5/c1-12(24)13-2-5-17(14(8-13)11-23)22-18-6-3-15(25)9-20(18)27-21-10-16(26)4-7-19(21)22/h2-11,18,20,25H,1H3. The monoisotopic (exact) mass is 360 g/mol. The van der Waals surface area contributed by atoms with Gasteiger partial charge in [-0.2, -0.15) is 0 Å². The van der Waals surface area contributed by atoms with E-state index in [0.29, 0.717) is 28.0 Å². The lowest BCUT2D eigenvalue weighted by molar-refractivity contribution is -0.110. The summed E-state index contributed by atoms with van der Waals surface area (Å²) in [5.74, 6) is -0.0619. The number of aldehydes is 1. The summed E-state index contributed by atoms with van der Waals surface area (Å²) in [6.45, 7) is 1.45. The van der Waals surface area contributed by atoms with Gasteiger partial charge in [0, 0.05) is 28.7 Å². The fraction of sp³-hybridized carbons (Fsp3) is 0.136. The van der Waals surface area contributed by atoms with Gasteiger partial charge in [-0.1, -0.05) is 18.2 Å². The van der Waals surface area contributed by atoms with Crippen molar-refractivity contribution in [3.63, 3.8) is 0 Å². The minimum Gasteiger partial charge on any atom is -0.508 e. The van der Waals surface area contributed by atoms with Gasteiger partial charge in [0.25, 0.3) is 0 Å². The Bertz CT molecular complexity index is 1030. The summed E-state index contributed by atoms with van der Waals surface area (Å²) in [5.41, 5.74) is 3.06. The number of hydrogen-bond donors (Lipinski definition) is 1. The first-order chi connectivity index (χ1) is 13.0. The van der Waals surface area contributed by atoms with Crippen molar-refractivity contribution < 1.29 is 24.2 Å². The lowest BCUT2D eigenvalue weighted by Crippen LogP contribution is -2.31. The van der Waals surface area contributed by atoms with Crippen LogP contribution >= 0.6 is 0 Å². The summed E-state index contributed by atoms with van der Waals surface area (Å²) in [6, 6.07) is 5.01. The van der Waals surface area contributed by atoms with Crippen LogP contribution in [0.2, 0.25) is 0 Å². The van der Waals surface area contributed by atoms with E-state index in [-0.39, 0.29) is 23.2 Å². The molecule has 0 bridgehead atoms. The fourth-order valence-electron chi connectivity index (χ4n) is 3.61. The molecule has 27 heavy (non-hydrogen) atoms. The second-order valence-electron chi connectivity index (χ2n) is 6.61. The Kier molecular flexibility index (Phi) is 4.00. The molecule has 0 radical (unpaired) electrons. The van der Waals surface area contributed by atoms with Crippen LogP contribution in [0.1, 0.15) is 33.2 Å². The highest BCUT2D eigenvalue weighted by Crippen LogP contribution is 2.44. The Morgan fingerprint density at radius 1 is 1.22 bits per heavy atom. The van der Waals surface area contributed by atoms with Crippen molar-refractivity contribution in [2.45, 2.75) is 13.0 Å². The van der Waals surface area contributed by atoms with Crippen molar-refractivity contribution in [2.24, 2.45) is 5.92 Å². The first kappa shape index (κ1) is 17.0. The molecule has 0 aromatic heterocycles. The molecule has 4 rings (SSSR count). The van der Waals surface area contributed by atoms with Crippen molar-refractivity contribution in [3.8, 4) is 0 Å². The largest absolute Gasteiger partial charge is 0.508 e. The highest BCUT2D eigenvalue weighted by Gasteiger charge is 2.36. The van der Waals surface area contributed by atoms with E-state index in [9.17, 15) is 19.5 Å². The van der Waals surface area contributed by atoms with E-state index >= 15 is 0 Å². The Morgan fingerprint density at radius 3 is 2.78 bits per heavy atom. The summed E-state index contributed by atoms with van der Waals surface area (Å²) in [5, 5.41) is 9.84. The van der Waals surface area contributed by atoms with Crippen molar-refractivity contribution in [3.05, 3.63) is 88.4 Å². The van der Waals surface area contributed by atoms with E-state index in [2.05, 4.69) is 0 Å². The zero-order chi connectivity index (χ0) is 19.1. The number of carbonyl (C=O) groups excluding carboxylic acids is 3. The van der Waals surface area contributed by atoms with Gasteiger partial charge < -0.3 is 9.84 Å². The number of Topliss-reactive ketones (excluding diaryl/α,β-unsaturated/α-hetero) is 1.